The number of carbonyl (C=O) groups is 1. The standard InChI is InChI=1S/C16H22O5/c1-20-15(19)21-10-6-5-9-16(12-17,13-18)11-14-7-3-2-4-8-14/h2-8,17-18H,9-13H2,1H3/b6-5-. The molecule has 21 heavy (non-hydrogen) atoms. The Morgan fingerprint density at radius 3 is 2.43 bits per heavy atom. The van der Waals surface area contributed by atoms with Crippen molar-refractivity contribution in [1.82, 2.24) is 0 Å². The Balaban J connectivity index is 2.56. The van der Waals surface area contributed by atoms with Gasteiger partial charge in [-0.1, -0.05) is 42.5 Å². The molecular weight excluding hydrogens is 272 g/mol. The van der Waals surface area contributed by atoms with Gasteiger partial charge in [-0.05, 0) is 18.4 Å². The Labute approximate surface area is 124 Å². The maximum Gasteiger partial charge on any atom is 0.508 e. The molecule has 0 radical (unpaired) electrons. The summed E-state index contributed by atoms with van der Waals surface area (Å²) in [5, 5.41) is 19.2. The maximum absolute atomic E-state index is 10.8. The van der Waals surface area contributed by atoms with Crippen LogP contribution < -0.4 is 0 Å². The molecule has 0 fully saturated rings. The minimum Gasteiger partial charge on any atom is -0.438 e. The molecule has 2 N–H and O–H groups in total. The van der Waals surface area contributed by atoms with E-state index in [4.69, 9.17) is 4.74 Å². The van der Waals surface area contributed by atoms with Crippen LogP contribution in [0.3, 0.4) is 0 Å². The summed E-state index contributed by atoms with van der Waals surface area (Å²) in [6, 6.07) is 9.70. The van der Waals surface area contributed by atoms with Crippen molar-refractivity contribution in [2.45, 2.75) is 12.8 Å². The first kappa shape index (κ1) is 17.2. The molecule has 0 aliphatic rings. The molecule has 0 aliphatic carbocycles. The van der Waals surface area contributed by atoms with Crippen LogP contribution in [0.2, 0.25) is 0 Å². The molecule has 0 atom stereocenters. The van der Waals surface area contributed by atoms with Crippen molar-refractivity contribution >= 4 is 6.16 Å². The highest BCUT2D eigenvalue weighted by Gasteiger charge is 2.27. The van der Waals surface area contributed by atoms with Crippen molar-refractivity contribution in [3.8, 4) is 0 Å². The lowest BCUT2D eigenvalue weighted by molar-refractivity contribution is 0.0566. The van der Waals surface area contributed by atoms with Crippen molar-refractivity contribution in [3.05, 3.63) is 48.0 Å². The summed E-state index contributed by atoms with van der Waals surface area (Å²) in [5.74, 6) is 0. The van der Waals surface area contributed by atoms with Crippen LogP contribution in [-0.2, 0) is 15.9 Å². The van der Waals surface area contributed by atoms with E-state index in [0.29, 0.717) is 12.8 Å². The molecule has 0 aliphatic heterocycles. The van der Waals surface area contributed by atoms with Crippen LogP contribution in [0.5, 0.6) is 0 Å². The lowest BCUT2D eigenvalue weighted by Crippen LogP contribution is -2.32. The lowest BCUT2D eigenvalue weighted by atomic mass is 9.80. The van der Waals surface area contributed by atoms with Gasteiger partial charge in [0.05, 0.1) is 20.3 Å². The molecular formula is C16H22O5. The molecule has 0 aromatic heterocycles. The van der Waals surface area contributed by atoms with Crippen LogP contribution in [0, 0.1) is 5.41 Å². The van der Waals surface area contributed by atoms with Crippen LogP contribution >= 0.6 is 0 Å². The second-order valence-corrected chi connectivity index (χ2v) is 4.92. The fraction of sp³-hybridized carbons (Fsp3) is 0.438. The zero-order valence-corrected chi connectivity index (χ0v) is 12.2. The molecule has 5 nitrogen and oxygen atoms in total. The van der Waals surface area contributed by atoms with Gasteiger partial charge in [0.2, 0.25) is 0 Å². The number of hydrogen-bond donors (Lipinski definition) is 2. The van der Waals surface area contributed by atoms with Crippen molar-refractivity contribution < 1.29 is 24.5 Å². The summed E-state index contributed by atoms with van der Waals surface area (Å²) in [6.07, 6.45) is 3.78. The SMILES string of the molecule is COC(=O)OC/C=C\CC(CO)(CO)Cc1ccccc1. The maximum atomic E-state index is 10.8. The fourth-order valence-corrected chi connectivity index (χ4v) is 1.97. The van der Waals surface area contributed by atoms with Gasteiger partial charge in [0, 0.05) is 5.41 Å². The molecule has 0 spiro atoms. The van der Waals surface area contributed by atoms with Gasteiger partial charge >= 0.3 is 6.16 Å². The first-order chi connectivity index (χ1) is 10.2. The lowest BCUT2D eigenvalue weighted by Gasteiger charge is -2.28. The highest BCUT2D eigenvalue weighted by molar-refractivity contribution is 5.59. The number of rotatable bonds is 8. The van der Waals surface area contributed by atoms with E-state index in [1.165, 1.54) is 7.11 Å². The number of allylic oxidation sites excluding steroid dienone is 1. The van der Waals surface area contributed by atoms with Crippen molar-refractivity contribution in [2.24, 2.45) is 5.41 Å². The molecule has 5 heteroatoms. The quantitative estimate of drug-likeness (QED) is 0.566. The Morgan fingerprint density at radius 2 is 1.86 bits per heavy atom. The third kappa shape index (κ3) is 5.97. The summed E-state index contributed by atoms with van der Waals surface area (Å²) in [6.45, 7) is -0.147. The molecule has 0 amide bonds. The van der Waals surface area contributed by atoms with Gasteiger partial charge < -0.3 is 19.7 Å². The number of methoxy groups -OCH3 is 1. The molecule has 1 rings (SSSR count). The number of hydrogen-bond acceptors (Lipinski definition) is 5. The van der Waals surface area contributed by atoms with Crippen LogP contribution in [0.15, 0.2) is 42.5 Å². The topological polar surface area (TPSA) is 76.0 Å². The second-order valence-electron chi connectivity index (χ2n) is 4.92. The highest BCUT2D eigenvalue weighted by atomic mass is 16.7. The summed E-state index contributed by atoms with van der Waals surface area (Å²) in [4.78, 5) is 10.8. The number of aliphatic hydroxyl groups is 2. The van der Waals surface area contributed by atoms with Crippen LogP contribution in [0.1, 0.15) is 12.0 Å². The van der Waals surface area contributed by atoms with Gasteiger partial charge in [-0.3, -0.25) is 0 Å². The third-order valence-electron chi connectivity index (χ3n) is 3.27. The zero-order chi connectivity index (χ0) is 15.6. The first-order valence-corrected chi connectivity index (χ1v) is 6.77. The number of benzene rings is 1. The normalized spacial score (nSPS) is 11.6. The van der Waals surface area contributed by atoms with E-state index in [-0.39, 0.29) is 19.8 Å². The van der Waals surface area contributed by atoms with Gasteiger partial charge in [-0.25, -0.2) is 4.79 Å². The number of carbonyl (C=O) groups excluding carboxylic acids is 1. The molecule has 1 aromatic carbocycles. The molecule has 116 valence electrons. The van der Waals surface area contributed by atoms with E-state index in [1.807, 2.05) is 30.3 Å². The minimum atomic E-state index is -0.737. The van der Waals surface area contributed by atoms with Crippen molar-refractivity contribution in [2.75, 3.05) is 26.9 Å². The number of aliphatic hydroxyl groups excluding tert-OH is 2. The Morgan fingerprint density at radius 1 is 1.19 bits per heavy atom. The van der Waals surface area contributed by atoms with Gasteiger partial charge in [-0.15, -0.1) is 0 Å². The van der Waals surface area contributed by atoms with Gasteiger partial charge in [0.25, 0.3) is 0 Å². The fourth-order valence-electron chi connectivity index (χ4n) is 1.97. The predicted octanol–water partition coefficient (Wildman–Crippen LogP) is 1.93. The van der Waals surface area contributed by atoms with Crippen LogP contribution in [0.25, 0.3) is 0 Å². The molecule has 0 bridgehead atoms. The van der Waals surface area contributed by atoms with E-state index in [0.717, 1.165) is 5.56 Å². The zero-order valence-electron chi connectivity index (χ0n) is 12.2. The largest absolute Gasteiger partial charge is 0.508 e. The van der Waals surface area contributed by atoms with E-state index in [9.17, 15) is 15.0 Å². The Hall–Kier alpha value is -1.85. The summed E-state index contributed by atoms with van der Waals surface area (Å²) >= 11 is 0. The molecule has 0 saturated heterocycles. The van der Waals surface area contributed by atoms with Crippen LogP contribution in [0.4, 0.5) is 4.79 Å². The second kappa shape index (κ2) is 9.15. The van der Waals surface area contributed by atoms with Gasteiger partial charge in [0.1, 0.15) is 6.61 Å². The van der Waals surface area contributed by atoms with Gasteiger partial charge in [-0.2, -0.15) is 0 Å². The van der Waals surface area contributed by atoms with E-state index in [1.54, 1.807) is 12.2 Å². The van der Waals surface area contributed by atoms with Crippen molar-refractivity contribution in [3.63, 3.8) is 0 Å². The monoisotopic (exact) mass is 294 g/mol. The molecule has 1 aromatic rings. The Kier molecular flexibility index (Phi) is 7.50. The van der Waals surface area contributed by atoms with Crippen LogP contribution in [-0.4, -0.2) is 43.3 Å². The summed E-state index contributed by atoms with van der Waals surface area (Å²) in [7, 11) is 1.24. The molecule has 0 saturated carbocycles. The first-order valence-electron chi connectivity index (χ1n) is 6.77. The highest BCUT2D eigenvalue weighted by Crippen LogP contribution is 2.27. The van der Waals surface area contributed by atoms with E-state index in [2.05, 4.69) is 4.74 Å². The third-order valence-corrected chi connectivity index (χ3v) is 3.27. The Bertz CT molecular complexity index is 437. The summed E-state index contributed by atoms with van der Waals surface area (Å²) < 4.78 is 9.06. The average Bonchev–Trinajstić information content (AvgIpc) is 2.54. The minimum absolute atomic E-state index is 0.102. The summed E-state index contributed by atoms with van der Waals surface area (Å²) in [5.41, 5.74) is 0.433. The molecule has 0 unspecified atom stereocenters. The predicted molar refractivity (Wildman–Crippen MR) is 78.9 cm³/mol. The van der Waals surface area contributed by atoms with Crippen molar-refractivity contribution in [1.29, 1.82) is 0 Å². The average molecular weight is 294 g/mol. The van der Waals surface area contributed by atoms with E-state index < -0.39 is 11.6 Å². The van der Waals surface area contributed by atoms with Gasteiger partial charge in [0.15, 0.2) is 0 Å². The number of ether oxygens (including phenoxy) is 2. The van der Waals surface area contributed by atoms with E-state index >= 15 is 0 Å². The molecule has 0 heterocycles. The smallest absolute Gasteiger partial charge is 0.438 e.